The molecule has 8 nitrogen and oxygen atoms in total. The van der Waals surface area contributed by atoms with Gasteiger partial charge in [-0.25, -0.2) is 0 Å². The highest BCUT2D eigenvalue weighted by Crippen LogP contribution is -0.282. The van der Waals surface area contributed by atoms with Crippen LogP contribution in [0.3, 0.4) is 0 Å². The van der Waals surface area contributed by atoms with Gasteiger partial charge < -0.3 is 43.8 Å². The van der Waals surface area contributed by atoms with E-state index in [1.807, 2.05) is 0 Å². The van der Waals surface area contributed by atoms with Crippen molar-refractivity contribution >= 4 is 21.9 Å². The van der Waals surface area contributed by atoms with Crippen molar-refractivity contribution in [2.75, 3.05) is 0 Å². The lowest BCUT2D eigenvalue weighted by Crippen LogP contribution is -0.382. The molecule has 0 spiro atoms. The molecule has 0 aromatic rings. The van der Waals surface area contributed by atoms with Crippen LogP contribution in [0.25, 0.3) is 0 Å². The first-order valence-corrected chi connectivity index (χ1v) is 0. The fraction of sp³-hybridized carbons (Fsp3) is 0. The molecule has 0 aliphatic carbocycles. The van der Waals surface area contributed by atoms with Gasteiger partial charge in [-0.1, -0.05) is 0 Å². The molecule has 80 valence electrons. The summed E-state index contributed by atoms with van der Waals surface area (Å²) in [5, 5.41) is 0. The Morgan fingerprint density at radius 1 is 0.200 bits per heavy atom. The molecule has 0 aliphatic rings. The molecule has 0 aromatic heterocycles. The van der Waals surface area contributed by atoms with E-state index in [0.717, 1.165) is 0 Å². The van der Waals surface area contributed by atoms with Crippen molar-refractivity contribution in [3.63, 3.8) is 0 Å². The average Bonchev–Trinajstić information content (AvgIpc) is 0. The van der Waals surface area contributed by atoms with Crippen LogP contribution in [0.15, 0.2) is 0 Å². The second-order valence-electron chi connectivity index (χ2n) is 0. The van der Waals surface area contributed by atoms with Crippen molar-refractivity contribution in [2.24, 2.45) is 0 Å². The maximum atomic E-state index is 0. The summed E-state index contributed by atoms with van der Waals surface area (Å²) in [5.41, 5.74) is 0. The molecule has 0 amide bonds. The van der Waals surface area contributed by atoms with E-state index in [0.29, 0.717) is 0 Å². The molecule has 16 N–H and O–H groups in total. The minimum absolute atomic E-state index is 0. The zero-order valence-corrected chi connectivity index (χ0v) is 4.00. The van der Waals surface area contributed by atoms with Gasteiger partial charge in [0.05, 0.1) is 0 Å². The zero-order valence-electron chi connectivity index (χ0n) is 4.00. The smallest absolute Gasteiger partial charge is 0.0149 e. The maximum absolute atomic E-state index is 0. The fourth-order valence-electron chi connectivity index (χ4n) is 0. The van der Waals surface area contributed by atoms with Crippen LogP contribution in [-0.2, 0) is 0 Å². The van der Waals surface area contributed by atoms with Crippen LogP contribution < -0.4 is 0 Å². The van der Waals surface area contributed by atoms with Gasteiger partial charge in [-0.2, -0.15) is 0 Å². The van der Waals surface area contributed by atoms with Crippen LogP contribution in [0, 0.1) is 0 Å². The maximum Gasteiger partial charge on any atom is -0.0149 e. The van der Waals surface area contributed by atoms with Crippen molar-refractivity contribution < 1.29 is 43.8 Å². The second kappa shape index (κ2) is 46400. The Balaban J connectivity index is 0. The van der Waals surface area contributed by atoms with Gasteiger partial charge in [0.2, 0.25) is 0 Å². The van der Waals surface area contributed by atoms with E-state index in [2.05, 4.69) is 0 Å². The number of hydrogen-bond donors (Lipinski definition) is 0. The molecule has 0 aromatic carbocycles. The summed E-state index contributed by atoms with van der Waals surface area (Å²) >= 11 is 0. The van der Waals surface area contributed by atoms with E-state index in [1.54, 1.807) is 0 Å². The number of hydrogen-bond acceptors (Lipinski definition) is 0. The van der Waals surface area contributed by atoms with Gasteiger partial charge in [0, 0.05) is 0 Å². The molecule has 0 fully saturated rings. The molecule has 0 atom stereocenters. The predicted octanol–water partition coefficient (Wildman–Crippen LogP) is -9.50. The SMILES string of the molecule is O.O.O.O.O.O.O.O.[SiH4].[SiH4]. The topological polar surface area (TPSA) is 252 Å². The van der Waals surface area contributed by atoms with Gasteiger partial charge >= 0.3 is 0 Å². The summed E-state index contributed by atoms with van der Waals surface area (Å²) in [7, 11) is 0. The molecule has 0 bridgehead atoms. The van der Waals surface area contributed by atoms with E-state index < -0.39 is 0 Å². The monoisotopic (exact) mass is 208 g/mol. The first kappa shape index (κ1) is 64900. The van der Waals surface area contributed by atoms with Gasteiger partial charge in [-0.15, -0.1) is 0 Å². The summed E-state index contributed by atoms with van der Waals surface area (Å²) in [4.78, 5) is 0. The Bertz CT molecular complexity index is 7.22. The summed E-state index contributed by atoms with van der Waals surface area (Å²) < 4.78 is 0. The van der Waals surface area contributed by atoms with Crippen LogP contribution in [0.4, 0.5) is 0 Å². The van der Waals surface area contributed by atoms with Crippen LogP contribution in [0.5, 0.6) is 0 Å². The highest BCUT2D eigenvalue weighted by molar-refractivity contribution is 5.76. The average molecular weight is 208 g/mol. The van der Waals surface area contributed by atoms with Gasteiger partial charge in [-0.05, 0) is 21.9 Å². The normalized spacial score (nSPS) is 0. The molecular formula is H24O8Si2. The highest BCUT2D eigenvalue weighted by atomic mass is 28.1. The predicted molar refractivity (Wildman–Crippen MR) is 51.6 cm³/mol. The Labute approximate surface area is 66.8 Å². The molecule has 0 rings (SSSR count). The third-order valence-corrected chi connectivity index (χ3v) is 0. The molecule has 0 heterocycles. The van der Waals surface area contributed by atoms with Gasteiger partial charge in [0.25, 0.3) is 0 Å². The third kappa shape index (κ3) is 31700. The molecule has 10 heteroatoms. The Hall–Kier alpha value is 0.114. The lowest BCUT2D eigenvalue weighted by molar-refractivity contribution is 0.823. The van der Waals surface area contributed by atoms with Gasteiger partial charge in [0.15, 0.2) is 0 Å². The molecule has 0 saturated heterocycles. The minimum atomic E-state index is 0. The lowest BCUT2D eigenvalue weighted by Gasteiger charge is -0.413. The Kier molecular flexibility index (Phi) is 301000000. The first-order valence-electron chi connectivity index (χ1n) is 0. The summed E-state index contributed by atoms with van der Waals surface area (Å²) in [6.07, 6.45) is 0. The number of rotatable bonds is 0. The first-order chi connectivity index (χ1) is 0. The Morgan fingerprint density at radius 3 is 0.200 bits per heavy atom. The van der Waals surface area contributed by atoms with Crippen LogP contribution in [-0.4, -0.2) is 65.7 Å². The third-order valence-electron chi connectivity index (χ3n) is 0. The molecule has 0 radical (unpaired) electrons. The van der Waals surface area contributed by atoms with E-state index in [4.69, 9.17) is 0 Å². The molecule has 0 saturated carbocycles. The van der Waals surface area contributed by atoms with Crippen LogP contribution in [0.2, 0.25) is 0 Å². The van der Waals surface area contributed by atoms with Crippen LogP contribution in [0.1, 0.15) is 0 Å². The van der Waals surface area contributed by atoms with E-state index in [-0.39, 0.29) is 65.7 Å². The standard InChI is InChI=1S/8H2O.2H4Si/h8*1H2;2*1H4. The van der Waals surface area contributed by atoms with Crippen molar-refractivity contribution in [1.82, 2.24) is 0 Å². The van der Waals surface area contributed by atoms with E-state index in [1.165, 1.54) is 0 Å². The lowest BCUT2D eigenvalue weighted by atomic mass is 16.0. The molecule has 0 unspecified atom stereocenters. The highest BCUT2D eigenvalue weighted by Gasteiger charge is -0.0138. The van der Waals surface area contributed by atoms with Gasteiger partial charge in [0.1, 0.15) is 0 Å². The van der Waals surface area contributed by atoms with Crippen molar-refractivity contribution in [3.8, 4) is 0 Å². The molecule has 10 heavy (non-hydrogen) atoms. The van der Waals surface area contributed by atoms with E-state index in [9.17, 15) is 0 Å². The Morgan fingerprint density at radius 2 is 0.200 bits per heavy atom. The second-order valence-corrected chi connectivity index (χ2v) is 0. The van der Waals surface area contributed by atoms with Gasteiger partial charge in [-0.3, -0.25) is 0 Å². The van der Waals surface area contributed by atoms with Crippen LogP contribution >= 0.6 is 0 Å². The zero-order chi connectivity index (χ0) is 0. The molecular weight excluding hydrogens is 184 g/mol. The van der Waals surface area contributed by atoms with E-state index >= 15 is 0 Å². The molecule has 0 aliphatic heterocycles. The largest absolute Gasteiger partial charge is 0.412 e. The fourth-order valence-corrected chi connectivity index (χ4v) is 0. The summed E-state index contributed by atoms with van der Waals surface area (Å²) in [6, 6.07) is 0. The van der Waals surface area contributed by atoms with Crippen molar-refractivity contribution in [1.29, 1.82) is 0 Å². The van der Waals surface area contributed by atoms with Crippen molar-refractivity contribution in [3.05, 3.63) is 0 Å². The summed E-state index contributed by atoms with van der Waals surface area (Å²) in [6.45, 7) is 0. The summed E-state index contributed by atoms with van der Waals surface area (Å²) in [5.74, 6) is 0. The van der Waals surface area contributed by atoms with Crippen molar-refractivity contribution in [2.45, 2.75) is 0 Å². The quantitative estimate of drug-likeness (QED) is 0.336. The minimum Gasteiger partial charge on any atom is -0.412 e.